The van der Waals surface area contributed by atoms with Crippen LogP contribution in [0.3, 0.4) is 0 Å². The topological polar surface area (TPSA) is 69.6 Å². The van der Waals surface area contributed by atoms with Crippen molar-refractivity contribution in [1.82, 2.24) is 10.2 Å². The van der Waals surface area contributed by atoms with E-state index < -0.39 is 5.97 Å². The van der Waals surface area contributed by atoms with Crippen LogP contribution in [0.15, 0.2) is 29.8 Å². The molecule has 2 N–H and O–H groups in total. The third-order valence-corrected chi connectivity index (χ3v) is 3.53. The van der Waals surface area contributed by atoms with Gasteiger partial charge in [0.25, 0.3) is 0 Å². The van der Waals surface area contributed by atoms with Gasteiger partial charge in [0, 0.05) is 19.6 Å². The summed E-state index contributed by atoms with van der Waals surface area (Å²) in [6, 6.07) is 6.18. The number of benzene rings is 1. The minimum absolute atomic E-state index is 0.0791. The van der Waals surface area contributed by atoms with Crippen LogP contribution in [-0.4, -0.2) is 41.6 Å². The summed E-state index contributed by atoms with van der Waals surface area (Å²) in [4.78, 5) is 23.9. The highest BCUT2D eigenvalue weighted by Crippen LogP contribution is 2.19. The van der Waals surface area contributed by atoms with Gasteiger partial charge in [0.05, 0.1) is 6.42 Å². The molecule has 2 amide bonds. The second-order valence-electron chi connectivity index (χ2n) is 5.22. The third-order valence-electron chi connectivity index (χ3n) is 3.53. The van der Waals surface area contributed by atoms with E-state index in [1.54, 1.807) is 11.0 Å². The maximum Gasteiger partial charge on any atom is 0.317 e. The number of carboxylic acids is 1. The number of carbonyl (C=O) groups is 2. The number of piperidine rings is 1. The van der Waals surface area contributed by atoms with E-state index in [-0.39, 0.29) is 24.8 Å². The molecule has 0 spiro atoms. The Balaban J connectivity index is 1.82. The van der Waals surface area contributed by atoms with Crippen LogP contribution in [0.5, 0.6) is 0 Å². The average Bonchev–Trinajstić information content (AvgIpc) is 2.47. The smallest absolute Gasteiger partial charge is 0.317 e. The highest BCUT2D eigenvalue weighted by Gasteiger charge is 2.18. The van der Waals surface area contributed by atoms with Crippen LogP contribution >= 0.6 is 0 Å². The van der Waals surface area contributed by atoms with Crippen molar-refractivity contribution in [3.05, 3.63) is 41.2 Å². The van der Waals surface area contributed by atoms with Crippen molar-refractivity contribution in [2.75, 3.05) is 19.6 Å². The molecule has 0 aromatic heterocycles. The molecule has 5 nitrogen and oxygen atoms in total. The number of halogens is 1. The van der Waals surface area contributed by atoms with Gasteiger partial charge in [0.1, 0.15) is 5.82 Å². The van der Waals surface area contributed by atoms with Crippen molar-refractivity contribution in [2.45, 2.75) is 19.3 Å². The van der Waals surface area contributed by atoms with Gasteiger partial charge in [0.15, 0.2) is 0 Å². The van der Waals surface area contributed by atoms with Gasteiger partial charge >= 0.3 is 12.0 Å². The molecule has 0 aliphatic carbocycles. The zero-order valence-corrected chi connectivity index (χ0v) is 12.2. The van der Waals surface area contributed by atoms with Crippen LogP contribution in [0.25, 0.3) is 6.08 Å². The number of hydrogen-bond acceptors (Lipinski definition) is 2. The van der Waals surface area contributed by atoms with E-state index in [4.69, 9.17) is 5.11 Å². The molecule has 1 aliphatic heterocycles. The molecule has 0 bridgehead atoms. The fraction of sp³-hybridized carbons (Fsp3) is 0.375. The van der Waals surface area contributed by atoms with Crippen LogP contribution in [0, 0.1) is 5.82 Å². The summed E-state index contributed by atoms with van der Waals surface area (Å²) in [5.74, 6) is -1.19. The molecule has 0 saturated carbocycles. The van der Waals surface area contributed by atoms with E-state index in [1.165, 1.54) is 17.7 Å². The SMILES string of the molecule is O=C(O)CCNC(=O)N1CCC(=Cc2cccc(F)c2)CC1. The molecule has 1 heterocycles. The lowest BCUT2D eigenvalue weighted by Crippen LogP contribution is -2.43. The monoisotopic (exact) mass is 306 g/mol. The first-order chi connectivity index (χ1) is 10.5. The average molecular weight is 306 g/mol. The van der Waals surface area contributed by atoms with E-state index in [2.05, 4.69) is 5.32 Å². The second-order valence-corrected chi connectivity index (χ2v) is 5.22. The lowest BCUT2D eigenvalue weighted by molar-refractivity contribution is -0.136. The van der Waals surface area contributed by atoms with Crippen LogP contribution in [0.1, 0.15) is 24.8 Å². The number of aliphatic carboxylic acids is 1. The van der Waals surface area contributed by atoms with Crippen molar-refractivity contribution in [3.8, 4) is 0 Å². The Hall–Kier alpha value is -2.37. The molecule has 118 valence electrons. The molecule has 0 radical (unpaired) electrons. The molecule has 1 aliphatic rings. The molecule has 1 aromatic rings. The zero-order chi connectivity index (χ0) is 15.9. The number of nitrogens with zero attached hydrogens (tertiary/aromatic N) is 1. The van der Waals surface area contributed by atoms with Crippen LogP contribution < -0.4 is 5.32 Å². The number of carbonyl (C=O) groups excluding carboxylic acids is 1. The number of amides is 2. The normalized spacial score (nSPS) is 14.6. The summed E-state index contributed by atoms with van der Waals surface area (Å²) in [7, 11) is 0. The van der Waals surface area contributed by atoms with Crippen LogP contribution in [0.4, 0.5) is 9.18 Å². The summed E-state index contributed by atoms with van der Waals surface area (Å²) in [5, 5.41) is 11.1. The number of carboxylic acid groups (broad SMARTS) is 1. The van der Waals surface area contributed by atoms with Crippen molar-refractivity contribution in [2.24, 2.45) is 0 Å². The van der Waals surface area contributed by atoms with Gasteiger partial charge in [-0.05, 0) is 30.5 Å². The largest absolute Gasteiger partial charge is 0.481 e. The number of rotatable bonds is 4. The lowest BCUT2D eigenvalue weighted by Gasteiger charge is -2.28. The summed E-state index contributed by atoms with van der Waals surface area (Å²) < 4.78 is 13.1. The van der Waals surface area contributed by atoms with Crippen molar-refractivity contribution < 1.29 is 19.1 Å². The highest BCUT2D eigenvalue weighted by atomic mass is 19.1. The van der Waals surface area contributed by atoms with Gasteiger partial charge in [0.2, 0.25) is 0 Å². The fourth-order valence-corrected chi connectivity index (χ4v) is 2.36. The zero-order valence-electron chi connectivity index (χ0n) is 12.2. The number of hydrogen-bond donors (Lipinski definition) is 2. The maximum atomic E-state index is 13.1. The highest BCUT2D eigenvalue weighted by molar-refractivity contribution is 5.75. The second kappa shape index (κ2) is 7.59. The minimum atomic E-state index is -0.931. The molecule has 1 fully saturated rings. The summed E-state index contributed by atoms with van der Waals surface area (Å²) in [5.41, 5.74) is 2.01. The van der Waals surface area contributed by atoms with E-state index in [0.717, 1.165) is 18.4 Å². The first-order valence-corrected chi connectivity index (χ1v) is 7.24. The van der Waals surface area contributed by atoms with Crippen molar-refractivity contribution >= 4 is 18.1 Å². The standard InChI is InChI=1S/C16H19FN2O3/c17-14-3-1-2-13(11-14)10-12-5-8-19(9-6-12)16(22)18-7-4-15(20)21/h1-3,10-11H,4-9H2,(H,18,22)(H,20,21). The molecular formula is C16H19FN2O3. The van der Waals surface area contributed by atoms with Crippen LogP contribution in [0.2, 0.25) is 0 Å². The molecule has 0 atom stereocenters. The van der Waals surface area contributed by atoms with E-state index in [9.17, 15) is 14.0 Å². The lowest BCUT2D eigenvalue weighted by atomic mass is 10.0. The Bertz CT molecular complexity index is 577. The first-order valence-electron chi connectivity index (χ1n) is 7.24. The Labute approximate surface area is 128 Å². The van der Waals surface area contributed by atoms with Crippen molar-refractivity contribution in [3.63, 3.8) is 0 Å². The van der Waals surface area contributed by atoms with Gasteiger partial charge in [-0.3, -0.25) is 4.79 Å². The van der Waals surface area contributed by atoms with E-state index in [1.807, 2.05) is 12.1 Å². The quantitative estimate of drug-likeness (QED) is 0.898. The molecule has 6 heteroatoms. The molecular weight excluding hydrogens is 287 g/mol. The molecule has 1 aromatic carbocycles. The number of likely N-dealkylation sites (tertiary alicyclic amines) is 1. The molecule has 1 saturated heterocycles. The summed E-state index contributed by atoms with van der Waals surface area (Å²) in [6.07, 6.45) is 3.36. The van der Waals surface area contributed by atoms with Gasteiger partial charge < -0.3 is 15.3 Å². The van der Waals surface area contributed by atoms with E-state index >= 15 is 0 Å². The minimum Gasteiger partial charge on any atom is -0.481 e. The van der Waals surface area contributed by atoms with E-state index in [0.29, 0.717) is 13.1 Å². The molecule has 0 unspecified atom stereocenters. The van der Waals surface area contributed by atoms with Crippen LogP contribution in [-0.2, 0) is 4.79 Å². The Kier molecular flexibility index (Phi) is 5.52. The fourth-order valence-electron chi connectivity index (χ4n) is 2.36. The maximum absolute atomic E-state index is 13.1. The Morgan fingerprint density at radius 1 is 1.32 bits per heavy atom. The summed E-state index contributed by atoms with van der Waals surface area (Å²) in [6.45, 7) is 1.30. The number of urea groups is 1. The molecule has 22 heavy (non-hydrogen) atoms. The van der Waals surface area contributed by atoms with Gasteiger partial charge in [-0.25, -0.2) is 9.18 Å². The first kappa shape index (κ1) is 16.0. The predicted molar refractivity (Wildman–Crippen MR) is 80.8 cm³/mol. The molecule has 2 rings (SSSR count). The third kappa shape index (κ3) is 4.87. The van der Waals surface area contributed by atoms with Gasteiger partial charge in [-0.15, -0.1) is 0 Å². The number of nitrogens with one attached hydrogen (secondary N) is 1. The predicted octanol–water partition coefficient (Wildman–Crippen LogP) is 2.49. The van der Waals surface area contributed by atoms with Gasteiger partial charge in [-0.2, -0.15) is 0 Å². The van der Waals surface area contributed by atoms with Gasteiger partial charge in [-0.1, -0.05) is 23.8 Å². The summed E-state index contributed by atoms with van der Waals surface area (Å²) >= 11 is 0. The Morgan fingerprint density at radius 3 is 2.68 bits per heavy atom. The van der Waals surface area contributed by atoms with Crippen molar-refractivity contribution in [1.29, 1.82) is 0 Å². The Morgan fingerprint density at radius 2 is 2.05 bits per heavy atom.